The van der Waals surface area contributed by atoms with Crippen LogP contribution in [0.1, 0.15) is 17.5 Å². The summed E-state index contributed by atoms with van der Waals surface area (Å²) < 4.78 is 45.2. The highest BCUT2D eigenvalue weighted by Crippen LogP contribution is 2.56. The maximum Gasteiger partial charge on any atom is 0.425 e. The van der Waals surface area contributed by atoms with Crippen molar-refractivity contribution in [3.63, 3.8) is 0 Å². The molecular formula is C16H13F3O3. The smallest absolute Gasteiger partial charge is 0.425 e. The number of alkyl halides is 3. The average molecular weight is 310 g/mol. The van der Waals surface area contributed by atoms with E-state index in [2.05, 4.69) is 4.74 Å². The Hall–Kier alpha value is -2.08. The van der Waals surface area contributed by atoms with Crippen LogP contribution in [0.3, 0.4) is 0 Å². The predicted octanol–water partition coefficient (Wildman–Crippen LogP) is 2.95. The van der Waals surface area contributed by atoms with Crippen molar-refractivity contribution < 1.29 is 27.8 Å². The third kappa shape index (κ3) is 1.83. The Balaban J connectivity index is 2.16. The number of carbonyl (C=O) groups is 1. The molecule has 3 rings (SSSR count). The van der Waals surface area contributed by atoms with Crippen LogP contribution in [-0.2, 0) is 15.1 Å². The lowest BCUT2D eigenvalue weighted by Crippen LogP contribution is -2.42. The van der Waals surface area contributed by atoms with Gasteiger partial charge >= 0.3 is 12.1 Å². The minimum absolute atomic E-state index is 0.0773. The number of hydrogen-bond acceptors (Lipinski definition) is 3. The van der Waals surface area contributed by atoms with Gasteiger partial charge in [0.15, 0.2) is 0 Å². The van der Waals surface area contributed by atoms with Gasteiger partial charge in [-0.25, -0.2) is 0 Å². The fourth-order valence-electron chi connectivity index (χ4n) is 3.13. The van der Waals surface area contributed by atoms with E-state index in [0.717, 1.165) is 0 Å². The summed E-state index contributed by atoms with van der Waals surface area (Å²) in [5, 5.41) is 10.4. The Morgan fingerprint density at radius 1 is 1.36 bits per heavy atom. The third-order valence-electron chi connectivity index (χ3n) is 4.19. The largest absolute Gasteiger partial charge is 0.469 e. The molecule has 2 aliphatic rings. The van der Waals surface area contributed by atoms with Crippen molar-refractivity contribution in [2.24, 2.45) is 5.92 Å². The van der Waals surface area contributed by atoms with E-state index in [4.69, 9.17) is 0 Å². The van der Waals surface area contributed by atoms with Gasteiger partial charge in [-0.2, -0.15) is 13.2 Å². The molecule has 0 spiro atoms. The Bertz CT molecular complexity index is 703. The van der Waals surface area contributed by atoms with Crippen LogP contribution in [0.15, 0.2) is 42.0 Å². The van der Waals surface area contributed by atoms with Crippen LogP contribution in [0.5, 0.6) is 0 Å². The van der Waals surface area contributed by atoms with Gasteiger partial charge in [0.1, 0.15) is 0 Å². The number of rotatable bonds is 1. The number of carbonyl (C=O) groups excluding carboxylic acids is 1. The van der Waals surface area contributed by atoms with Crippen molar-refractivity contribution in [2.45, 2.75) is 18.2 Å². The number of benzene rings is 1. The lowest BCUT2D eigenvalue weighted by molar-refractivity contribution is -0.247. The van der Waals surface area contributed by atoms with Crippen molar-refractivity contribution in [2.75, 3.05) is 7.11 Å². The zero-order valence-corrected chi connectivity index (χ0v) is 11.6. The molecule has 6 heteroatoms. The van der Waals surface area contributed by atoms with Crippen LogP contribution >= 0.6 is 0 Å². The highest BCUT2D eigenvalue weighted by molar-refractivity contribution is 5.87. The van der Waals surface area contributed by atoms with Gasteiger partial charge in [0.25, 0.3) is 0 Å². The Labute approximate surface area is 124 Å². The van der Waals surface area contributed by atoms with Crippen LogP contribution in [0.4, 0.5) is 13.2 Å². The third-order valence-corrected chi connectivity index (χ3v) is 4.19. The van der Waals surface area contributed by atoms with E-state index in [9.17, 15) is 23.1 Å². The molecule has 0 amide bonds. The number of esters is 1. The number of allylic oxidation sites excluding steroid dienone is 1. The first kappa shape index (κ1) is 14.8. The number of aliphatic hydroxyl groups is 1. The molecule has 1 aromatic rings. The second-order valence-corrected chi connectivity index (χ2v) is 5.34. The van der Waals surface area contributed by atoms with Crippen molar-refractivity contribution in [1.82, 2.24) is 0 Å². The van der Waals surface area contributed by atoms with E-state index in [-0.39, 0.29) is 17.6 Å². The van der Waals surface area contributed by atoms with E-state index < -0.39 is 23.7 Å². The van der Waals surface area contributed by atoms with E-state index in [0.29, 0.717) is 11.1 Å². The minimum atomic E-state index is -4.84. The molecule has 0 bridgehead atoms. The van der Waals surface area contributed by atoms with Crippen LogP contribution in [0.2, 0.25) is 0 Å². The summed E-state index contributed by atoms with van der Waals surface area (Å²) in [5.41, 5.74) is -2.76. The van der Waals surface area contributed by atoms with Crippen LogP contribution in [0, 0.1) is 5.92 Å². The molecule has 2 atom stereocenters. The molecule has 3 nitrogen and oxygen atoms in total. The van der Waals surface area contributed by atoms with Gasteiger partial charge in [0.05, 0.1) is 13.0 Å². The van der Waals surface area contributed by atoms with Gasteiger partial charge in [-0.15, -0.1) is 0 Å². The van der Waals surface area contributed by atoms with E-state index in [1.165, 1.54) is 37.5 Å². The number of methoxy groups -OCH3 is 1. The molecule has 1 N–H and O–H groups in total. The molecule has 0 saturated carbocycles. The summed E-state index contributed by atoms with van der Waals surface area (Å²) in [7, 11) is 1.23. The van der Waals surface area contributed by atoms with Gasteiger partial charge < -0.3 is 9.84 Å². The summed E-state index contributed by atoms with van der Waals surface area (Å²) in [6.07, 6.45) is -2.22. The average Bonchev–Trinajstić information content (AvgIpc) is 2.77. The normalized spacial score (nSPS) is 26.7. The maximum absolute atomic E-state index is 13.5. The molecule has 0 aromatic heterocycles. The van der Waals surface area contributed by atoms with Crippen LogP contribution in [-0.4, -0.2) is 24.4 Å². The standard InChI is InChI=1S/C16H13F3O3/c1-22-14(20)9-6-7-13-11(8-9)10-4-2-3-5-12(10)15(13,21)16(17,18)19/h2-7,9,21H,8H2,1H3. The predicted molar refractivity (Wildman–Crippen MR) is 72.6 cm³/mol. The lowest BCUT2D eigenvalue weighted by atomic mass is 9.85. The molecule has 22 heavy (non-hydrogen) atoms. The summed E-state index contributed by atoms with van der Waals surface area (Å²) in [6.45, 7) is 0. The quantitative estimate of drug-likeness (QED) is 0.811. The minimum Gasteiger partial charge on any atom is -0.469 e. The van der Waals surface area contributed by atoms with Crippen molar-refractivity contribution >= 4 is 11.5 Å². The molecule has 1 aromatic carbocycles. The monoisotopic (exact) mass is 310 g/mol. The zero-order valence-electron chi connectivity index (χ0n) is 11.6. The van der Waals surface area contributed by atoms with Crippen molar-refractivity contribution in [3.8, 4) is 0 Å². The highest BCUT2D eigenvalue weighted by Gasteiger charge is 2.61. The van der Waals surface area contributed by atoms with E-state index >= 15 is 0 Å². The molecule has 0 radical (unpaired) electrons. The number of ether oxygens (including phenoxy) is 1. The topological polar surface area (TPSA) is 46.5 Å². The molecule has 2 unspecified atom stereocenters. The Kier molecular flexibility index (Phi) is 3.18. The molecule has 0 fully saturated rings. The van der Waals surface area contributed by atoms with E-state index in [1.54, 1.807) is 6.07 Å². The van der Waals surface area contributed by atoms with Crippen LogP contribution in [0.25, 0.3) is 5.57 Å². The molecule has 0 heterocycles. The maximum atomic E-state index is 13.5. The number of hydrogen-bond donors (Lipinski definition) is 1. The van der Waals surface area contributed by atoms with E-state index in [1.807, 2.05) is 0 Å². The molecule has 0 aliphatic heterocycles. The summed E-state index contributed by atoms with van der Waals surface area (Å²) in [6, 6.07) is 5.86. The SMILES string of the molecule is COC(=O)C1C=CC2=C(C1)c1ccccc1C2(O)C(F)(F)F. The van der Waals surface area contributed by atoms with Gasteiger partial charge in [-0.05, 0) is 17.6 Å². The fraction of sp³-hybridized carbons (Fsp3) is 0.312. The summed E-state index contributed by atoms with van der Waals surface area (Å²) >= 11 is 0. The van der Waals surface area contributed by atoms with Gasteiger partial charge in [0.2, 0.25) is 5.60 Å². The van der Waals surface area contributed by atoms with Crippen LogP contribution < -0.4 is 0 Å². The Morgan fingerprint density at radius 3 is 2.68 bits per heavy atom. The lowest BCUT2D eigenvalue weighted by Gasteiger charge is -2.30. The second kappa shape index (κ2) is 4.71. The first-order chi connectivity index (χ1) is 10.3. The first-order valence-corrected chi connectivity index (χ1v) is 6.69. The number of fused-ring (bicyclic) bond motifs is 2. The molecule has 2 aliphatic carbocycles. The first-order valence-electron chi connectivity index (χ1n) is 6.69. The summed E-state index contributed by atoms with van der Waals surface area (Å²) in [4.78, 5) is 11.6. The van der Waals surface area contributed by atoms with Gasteiger partial charge in [-0.3, -0.25) is 4.79 Å². The number of halogens is 3. The Morgan fingerprint density at radius 2 is 2.05 bits per heavy atom. The van der Waals surface area contributed by atoms with Gasteiger partial charge in [-0.1, -0.05) is 36.4 Å². The zero-order chi connectivity index (χ0) is 16.1. The second-order valence-electron chi connectivity index (χ2n) is 5.34. The summed E-state index contributed by atoms with van der Waals surface area (Å²) in [5.74, 6) is -1.16. The fourth-order valence-corrected chi connectivity index (χ4v) is 3.13. The molecule has 116 valence electrons. The van der Waals surface area contributed by atoms with Crippen molar-refractivity contribution in [1.29, 1.82) is 0 Å². The molecular weight excluding hydrogens is 297 g/mol. The highest BCUT2D eigenvalue weighted by atomic mass is 19.4. The van der Waals surface area contributed by atoms with Crippen molar-refractivity contribution in [3.05, 3.63) is 53.1 Å². The van der Waals surface area contributed by atoms with Gasteiger partial charge in [0, 0.05) is 11.1 Å². The molecule has 0 saturated heterocycles.